The van der Waals surface area contributed by atoms with E-state index in [1.807, 2.05) is 0 Å². The SMILES string of the molecule is C[C@@H](OC(=O)[C@@H]1CCCO1)C(=O)Nc1cccnc1Cl. The zero-order chi connectivity index (χ0) is 14.5. The molecular formula is C13H15ClN2O4. The number of halogens is 1. The average Bonchev–Trinajstić information content (AvgIpc) is 2.95. The topological polar surface area (TPSA) is 77.5 Å². The van der Waals surface area contributed by atoms with Crippen LogP contribution in [-0.4, -0.2) is 35.7 Å². The molecule has 0 saturated carbocycles. The van der Waals surface area contributed by atoms with Gasteiger partial charge in [0, 0.05) is 12.8 Å². The molecule has 1 amide bonds. The quantitative estimate of drug-likeness (QED) is 0.677. The summed E-state index contributed by atoms with van der Waals surface area (Å²) < 4.78 is 10.3. The lowest BCUT2D eigenvalue weighted by Crippen LogP contribution is -2.34. The Bertz CT molecular complexity index is 503. The van der Waals surface area contributed by atoms with Gasteiger partial charge in [0.05, 0.1) is 5.69 Å². The molecule has 1 aliphatic rings. The van der Waals surface area contributed by atoms with Gasteiger partial charge >= 0.3 is 5.97 Å². The highest BCUT2D eigenvalue weighted by molar-refractivity contribution is 6.32. The molecule has 0 unspecified atom stereocenters. The molecule has 1 saturated heterocycles. The minimum Gasteiger partial charge on any atom is -0.451 e. The fourth-order valence-corrected chi connectivity index (χ4v) is 1.95. The van der Waals surface area contributed by atoms with Crippen molar-refractivity contribution in [2.24, 2.45) is 0 Å². The second kappa shape index (κ2) is 6.67. The molecule has 1 fully saturated rings. The normalized spacial score (nSPS) is 19.4. The molecule has 1 aromatic heterocycles. The van der Waals surface area contributed by atoms with Crippen LogP contribution in [0.15, 0.2) is 18.3 Å². The number of esters is 1. The summed E-state index contributed by atoms with van der Waals surface area (Å²) in [5.41, 5.74) is 0.374. The molecule has 1 aliphatic heterocycles. The average molecular weight is 299 g/mol. The van der Waals surface area contributed by atoms with Crippen molar-refractivity contribution in [3.63, 3.8) is 0 Å². The van der Waals surface area contributed by atoms with Gasteiger partial charge in [-0.2, -0.15) is 0 Å². The highest BCUT2D eigenvalue weighted by Gasteiger charge is 2.28. The van der Waals surface area contributed by atoms with Crippen LogP contribution in [0.2, 0.25) is 5.15 Å². The number of carbonyl (C=O) groups is 2. The smallest absolute Gasteiger partial charge is 0.336 e. The number of hydrogen-bond donors (Lipinski definition) is 1. The first-order chi connectivity index (χ1) is 9.58. The molecule has 0 spiro atoms. The summed E-state index contributed by atoms with van der Waals surface area (Å²) in [6, 6.07) is 3.26. The zero-order valence-electron chi connectivity index (χ0n) is 11.0. The Hall–Kier alpha value is -1.66. The molecular weight excluding hydrogens is 284 g/mol. The molecule has 1 aromatic rings. The van der Waals surface area contributed by atoms with Crippen molar-refractivity contribution in [1.29, 1.82) is 0 Å². The number of pyridine rings is 1. The van der Waals surface area contributed by atoms with E-state index < -0.39 is 24.1 Å². The Morgan fingerprint density at radius 1 is 1.60 bits per heavy atom. The van der Waals surface area contributed by atoms with Gasteiger partial charge in [0.1, 0.15) is 0 Å². The molecule has 20 heavy (non-hydrogen) atoms. The molecule has 2 heterocycles. The van der Waals surface area contributed by atoms with E-state index in [-0.39, 0.29) is 5.15 Å². The summed E-state index contributed by atoms with van der Waals surface area (Å²) in [6.07, 6.45) is 1.47. The van der Waals surface area contributed by atoms with E-state index in [0.29, 0.717) is 18.7 Å². The third kappa shape index (κ3) is 3.68. The van der Waals surface area contributed by atoms with Gasteiger partial charge in [0.25, 0.3) is 5.91 Å². The molecule has 1 N–H and O–H groups in total. The number of carbonyl (C=O) groups excluding carboxylic acids is 2. The maximum atomic E-state index is 11.9. The molecule has 0 bridgehead atoms. The fourth-order valence-electron chi connectivity index (χ4n) is 1.78. The second-order valence-electron chi connectivity index (χ2n) is 4.41. The number of nitrogens with zero attached hydrogens (tertiary/aromatic N) is 1. The summed E-state index contributed by atoms with van der Waals surface area (Å²) in [6.45, 7) is 2.04. The molecule has 7 heteroatoms. The number of rotatable bonds is 4. The Labute approximate surface area is 121 Å². The highest BCUT2D eigenvalue weighted by Crippen LogP contribution is 2.18. The van der Waals surface area contributed by atoms with Gasteiger partial charge in [-0.05, 0) is 31.9 Å². The predicted octanol–water partition coefficient (Wildman–Crippen LogP) is 1.78. The maximum absolute atomic E-state index is 11.9. The van der Waals surface area contributed by atoms with E-state index in [1.54, 1.807) is 12.1 Å². The molecule has 0 radical (unpaired) electrons. The van der Waals surface area contributed by atoms with Crippen molar-refractivity contribution in [3.8, 4) is 0 Å². The van der Waals surface area contributed by atoms with Crippen molar-refractivity contribution in [2.45, 2.75) is 32.0 Å². The predicted molar refractivity (Wildman–Crippen MR) is 72.4 cm³/mol. The summed E-state index contributed by atoms with van der Waals surface area (Å²) in [5.74, 6) is -0.978. The van der Waals surface area contributed by atoms with E-state index >= 15 is 0 Å². The molecule has 6 nitrogen and oxygen atoms in total. The van der Waals surface area contributed by atoms with Crippen LogP contribution in [0.3, 0.4) is 0 Å². The van der Waals surface area contributed by atoms with Crippen LogP contribution in [0.4, 0.5) is 5.69 Å². The van der Waals surface area contributed by atoms with Gasteiger partial charge in [-0.1, -0.05) is 11.6 Å². The lowest BCUT2D eigenvalue weighted by Gasteiger charge is -2.16. The van der Waals surface area contributed by atoms with Crippen molar-refractivity contribution in [2.75, 3.05) is 11.9 Å². The fraction of sp³-hybridized carbons (Fsp3) is 0.462. The number of aromatic nitrogens is 1. The van der Waals surface area contributed by atoms with Crippen molar-refractivity contribution >= 4 is 29.2 Å². The monoisotopic (exact) mass is 298 g/mol. The first kappa shape index (κ1) is 14.7. The minimum atomic E-state index is -0.928. The van der Waals surface area contributed by atoms with Gasteiger partial charge in [-0.3, -0.25) is 4.79 Å². The minimum absolute atomic E-state index is 0.179. The first-order valence-electron chi connectivity index (χ1n) is 6.31. The van der Waals surface area contributed by atoms with Gasteiger partial charge in [0.2, 0.25) is 0 Å². The van der Waals surface area contributed by atoms with Gasteiger partial charge in [0.15, 0.2) is 17.4 Å². The van der Waals surface area contributed by atoms with E-state index in [0.717, 1.165) is 6.42 Å². The van der Waals surface area contributed by atoms with Crippen molar-refractivity contribution in [3.05, 3.63) is 23.5 Å². The Morgan fingerprint density at radius 2 is 2.40 bits per heavy atom. The van der Waals surface area contributed by atoms with Crippen LogP contribution in [-0.2, 0) is 19.1 Å². The lowest BCUT2D eigenvalue weighted by molar-refractivity contribution is -0.162. The molecule has 2 atom stereocenters. The van der Waals surface area contributed by atoms with E-state index in [1.165, 1.54) is 13.1 Å². The number of anilines is 1. The zero-order valence-corrected chi connectivity index (χ0v) is 11.7. The van der Waals surface area contributed by atoms with Crippen LogP contribution in [0, 0.1) is 0 Å². The van der Waals surface area contributed by atoms with Gasteiger partial charge in [-0.25, -0.2) is 9.78 Å². The summed E-state index contributed by atoms with van der Waals surface area (Å²) in [7, 11) is 0. The largest absolute Gasteiger partial charge is 0.451 e. The maximum Gasteiger partial charge on any atom is 0.336 e. The Balaban J connectivity index is 1.88. The summed E-state index contributed by atoms with van der Waals surface area (Å²) in [4.78, 5) is 27.5. The van der Waals surface area contributed by atoms with Gasteiger partial charge < -0.3 is 14.8 Å². The lowest BCUT2D eigenvalue weighted by atomic mass is 10.2. The third-order valence-corrected chi connectivity index (χ3v) is 3.17. The first-order valence-corrected chi connectivity index (χ1v) is 6.69. The second-order valence-corrected chi connectivity index (χ2v) is 4.77. The number of amides is 1. The Kier molecular flexibility index (Phi) is 4.92. The van der Waals surface area contributed by atoms with E-state index in [2.05, 4.69) is 10.3 Å². The standard InChI is InChI=1S/C13H15ClN2O4/c1-8(20-13(18)10-5-3-7-19-10)12(17)16-9-4-2-6-15-11(9)14/h2,4,6,8,10H,3,5,7H2,1H3,(H,16,17)/t8-,10+/m1/s1. The number of nitrogens with one attached hydrogen (secondary N) is 1. The number of hydrogen-bond acceptors (Lipinski definition) is 5. The highest BCUT2D eigenvalue weighted by atomic mass is 35.5. The van der Waals surface area contributed by atoms with E-state index in [4.69, 9.17) is 21.1 Å². The van der Waals surface area contributed by atoms with Crippen molar-refractivity contribution < 1.29 is 19.1 Å². The Morgan fingerprint density at radius 3 is 3.05 bits per heavy atom. The van der Waals surface area contributed by atoms with Crippen molar-refractivity contribution in [1.82, 2.24) is 4.98 Å². The van der Waals surface area contributed by atoms with Crippen LogP contribution >= 0.6 is 11.6 Å². The summed E-state index contributed by atoms with van der Waals surface area (Å²) >= 11 is 5.83. The van der Waals surface area contributed by atoms with Crippen LogP contribution in [0.5, 0.6) is 0 Å². The van der Waals surface area contributed by atoms with Crippen LogP contribution in [0.1, 0.15) is 19.8 Å². The van der Waals surface area contributed by atoms with E-state index in [9.17, 15) is 9.59 Å². The number of ether oxygens (including phenoxy) is 2. The van der Waals surface area contributed by atoms with Gasteiger partial charge in [-0.15, -0.1) is 0 Å². The molecule has 2 rings (SSSR count). The molecule has 0 aliphatic carbocycles. The van der Waals surface area contributed by atoms with Crippen LogP contribution in [0.25, 0.3) is 0 Å². The van der Waals surface area contributed by atoms with Crippen LogP contribution < -0.4 is 5.32 Å². The molecule has 0 aromatic carbocycles. The molecule has 108 valence electrons. The third-order valence-electron chi connectivity index (χ3n) is 2.87. The summed E-state index contributed by atoms with van der Waals surface area (Å²) in [5, 5.41) is 2.73.